The van der Waals surface area contributed by atoms with Crippen molar-refractivity contribution < 1.29 is 4.79 Å². The van der Waals surface area contributed by atoms with Crippen molar-refractivity contribution in [3.8, 4) is 11.3 Å². The summed E-state index contributed by atoms with van der Waals surface area (Å²) in [5, 5.41) is 11.1. The summed E-state index contributed by atoms with van der Waals surface area (Å²) >= 11 is 0. The Morgan fingerprint density at radius 2 is 1.65 bits per heavy atom. The third kappa shape index (κ3) is 3.43. The van der Waals surface area contributed by atoms with E-state index in [-0.39, 0.29) is 5.91 Å². The topological polar surface area (TPSA) is 54.9 Å². The van der Waals surface area contributed by atoms with Crippen LogP contribution in [-0.4, -0.2) is 16.1 Å². The summed E-state index contributed by atoms with van der Waals surface area (Å²) in [6.45, 7) is 2.06. The highest BCUT2D eigenvalue weighted by molar-refractivity contribution is 6.03. The second-order valence-electron chi connectivity index (χ2n) is 5.13. The van der Waals surface area contributed by atoms with E-state index in [0.29, 0.717) is 5.69 Å². The van der Waals surface area contributed by atoms with Crippen LogP contribution in [0.5, 0.6) is 0 Å². The van der Waals surface area contributed by atoms with Crippen molar-refractivity contribution in [2.24, 2.45) is 0 Å². The Balaban J connectivity index is 1.78. The number of para-hydroxylation sites is 1. The van der Waals surface area contributed by atoms with Gasteiger partial charge in [-0.15, -0.1) is 10.2 Å². The molecule has 0 bridgehead atoms. The molecule has 2 aromatic carbocycles. The Bertz CT molecular complexity index is 798. The molecule has 3 aromatic rings. The summed E-state index contributed by atoms with van der Waals surface area (Å²) in [5.41, 5.74) is 3.93. The molecular formula is C19H17N3O. The van der Waals surface area contributed by atoms with E-state index in [1.165, 1.54) is 0 Å². The number of anilines is 1. The minimum atomic E-state index is -0.252. The van der Waals surface area contributed by atoms with E-state index < -0.39 is 0 Å². The molecule has 23 heavy (non-hydrogen) atoms. The fourth-order valence-corrected chi connectivity index (χ4v) is 2.35. The number of nitrogens with one attached hydrogen (secondary N) is 1. The lowest BCUT2D eigenvalue weighted by Gasteiger charge is -2.09. The molecule has 1 heterocycles. The van der Waals surface area contributed by atoms with Crippen LogP contribution in [0.15, 0.2) is 66.7 Å². The molecule has 1 aromatic heterocycles. The summed E-state index contributed by atoms with van der Waals surface area (Å²) in [4.78, 5) is 12.3. The Hall–Kier alpha value is -3.01. The number of carbonyl (C=O) groups excluding carboxylic acids is 1. The first-order valence-electron chi connectivity index (χ1n) is 7.56. The predicted octanol–water partition coefficient (Wildman–Crippen LogP) is 3.96. The highest BCUT2D eigenvalue weighted by atomic mass is 16.1. The largest absolute Gasteiger partial charge is 0.320 e. The normalized spacial score (nSPS) is 10.3. The van der Waals surface area contributed by atoms with Crippen LogP contribution in [0, 0.1) is 0 Å². The second kappa shape index (κ2) is 6.83. The third-order valence-corrected chi connectivity index (χ3v) is 3.61. The number of aryl methyl sites for hydroxylation is 1. The van der Waals surface area contributed by atoms with Gasteiger partial charge in [-0.05, 0) is 30.2 Å². The van der Waals surface area contributed by atoms with Crippen molar-refractivity contribution in [2.45, 2.75) is 13.3 Å². The summed E-state index contributed by atoms with van der Waals surface area (Å²) in [6, 6.07) is 21.0. The van der Waals surface area contributed by atoms with E-state index >= 15 is 0 Å². The average Bonchev–Trinajstić information content (AvgIpc) is 2.63. The van der Waals surface area contributed by atoms with E-state index in [2.05, 4.69) is 22.4 Å². The van der Waals surface area contributed by atoms with Crippen LogP contribution in [0.1, 0.15) is 23.0 Å². The summed E-state index contributed by atoms with van der Waals surface area (Å²) in [6.07, 6.45) is 0.856. The summed E-state index contributed by atoms with van der Waals surface area (Å²) < 4.78 is 0. The number of amides is 1. The maximum absolute atomic E-state index is 12.3. The van der Waals surface area contributed by atoms with Crippen LogP contribution >= 0.6 is 0 Å². The van der Waals surface area contributed by atoms with E-state index in [0.717, 1.165) is 28.9 Å². The van der Waals surface area contributed by atoms with E-state index in [4.69, 9.17) is 0 Å². The third-order valence-electron chi connectivity index (χ3n) is 3.61. The molecule has 114 valence electrons. The minimum absolute atomic E-state index is 0.252. The number of benzene rings is 2. The molecule has 3 rings (SSSR count). The van der Waals surface area contributed by atoms with E-state index in [9.17, 15) is 4.79 Å². The Kier molecular flexibility index (Phi) is 4.43. The molecule has 0 spiro atoms. The van der Waals surface area contributed by atoms with Gasteiger partial charge in [0.25, 0.3) is 5.91 Å². The van der Waals surface area contributed by atoms with Crippen LogP contribution < -0.4 is 5.32 Å². The number of carbonyl (C=O) groups is 1. The van der Waals surface area contributed by atoms with Crippen LogP contribution in [0.25, 0.3) is 11.3 Å². The predicted molar refractivity (Wildman–Crippen MR) is 91.2 cm³/mol. The van der Waals surface area contributed by atoms with Crippen LogP contribution in [0.4, 0.5) is 5.69 Å². The molecule has 4 heteroatoms. The monoisotopic (exact) mass is 303 g/mol. The quantitative estimate of drug-likeness (QED) is 0.793. The van der Waals surface area contributed by atoms with Crippen molar-refractivity contribution in [3.63, 3.8) is 0 Å². The zero-order valence-corrected chi connectivity index (χ0v) is 12.9. The number of hydrogen-bond acceptors (Lipinski definition) is 3. The molecule has 1 N–H and O–H groups in total. The zero-order chi connectivity index (χ0) is 16.1. The molecule has 0 aliphatic carbocycles. The summed E-state index contributed by atoms with van der Waals surface area (Å²) in [7, 11) is 0. The molecule has 4 nitrogen and oxygen atoms in total. The van der Waals surface area contributed by atoms with Gasteiger partial charge in [-0.1, -0.05) is 55.5 Å². The lowest BCUT2D eigenvalue weighted by molar-refractivity contribution is 0.102. The standard InChI is InChI=1S/C19H17N3O/c1-2-14-8-6-7-11-16(14)20-19(23)18-13-12-17(21-22-18)15-9-4-3-5-10-15/h3-13H,2H2,1H3,(H,20,23). The molecular weight excluding hydrogens is 286 g/mol. The van der Waals surface area contributed by atoms with Crippen molar-refractivity contribution >= 4 is 11.6 Å². The fourth-order valence-electron chi connectivity index (χ4n) is 2.35. The van der Waals surface area contributed by atoms with Crippen LogP contribution in [-0.2, 0) is 6.42 Å². The van der Waals surface area contributed by atoms with E-state index in [1.807, 2.05) is 60.7 Å². The maximum Gasteiger partial charge on any atom is 0.276 e. The van der Waals surface area contributed by atoms with Gasteiger partial charge < -0.3 is 5.32 Å². The first kappa shape index (κ1) is 14.9. The first-order valence-corrected chi connectivity index (χ1v) is 7.56. The van der Waals surface area contributed by atoms with Crippen molar-refractivity contribution in [3.05, 3.63) is 78.0 Å². The van der Waals surface area contributed by atoms with Gasteiger partial charge in [-0.25, -0.2) is 0 Å². The van der Waals surface area contributed by atoms with Gasteiger partial charge in [0.05, 0.1) is 5.69 Å². The van der Waals surface area contributed by atoms with Crippen LogP contribution in [0.3, 0.4) is 0 Å². The Morgan fingerprint density at radius 3 is 2.35 bits per heavy atom. The summed E-state index contributed by atoms with van der Waals surface area (Å²) in [5.74, 6) is -0.252. The highest BCUT2D eigenvalue weighted by Crippen LogP contribution is 2.18. The van der Waals surface area contributed by atoms with Gasteiger partial charge in [0.15, 0.2) is 5.69 Å². The molecule has 0 unspecified atom stereocenters. The lowest BCUT2D eigenvalue weighted by atomic mass is 10.1. The molecule has 1 amide bonds. The molecule has 0 aliphatic rings. The fraction of sp³-hybridized carbons (Fsp3) is 0.105. The van der Waals surface area contributed by atoms with Crippen molar-refractivity contribution in [1.29, 1.82) is 0 Å². The van der Waals surface area contributed by atoms with Gasteiger partial charge in [-0.3, -0.25) is 4.79 Å². The highest BCUT2D eigenvalue weighted by Gasteiger charge is 2.10. The molecule has 0 atom stereocenters. The molecule has 0 aliphatic heterocycles. The number of rotatable bonds is 4. The SMILES string of the molecule is CCc1ccccc1NC(=O)c1ccc(-c2ccccc2)nn1. The zero-order valence-electron chi connectivity index (χ0n) is 12.9. The molecule has 0 saturated heterocycles. The van der Waals surface area contributed by atoms with Crippen molar-refractivity contribution in [2.75, 3.05) is 5.32 Å². The van der Waals surface area contributed by atoms with E-state index in [1.54, 1.807) is 6.07 Å². The van der Waals surface area contributed by atoms with Crippen LogP contribution in [0.2, 0.25) is 0 Å². The Labute approximate surface area is 135 Å². The van der Waals surface area contributed by atoms with Gasteiger partial charge >= 0.3 is 0 Å². The second-order valence-corrected chi connectivity index (χ2v) is 5.13. The number of hydrogen-bond donors (Lipinski definition) is 1. The average molecular weight is 303 g/mol. The smallest absolute Gasteiger partial charge is 0.276 e. The first-order chi connectivity index (χ1) is 11.3. The van der Waals surface area contributed by atoms with Crippen molar-refractivity contribution in [1.82, 2.24) is 10.2 Å². The van der Waals surface area contributed by atoms with Gasteiger partial charge in [0.1, 0.15) is 0 Å². The Morgan fingerprint density at radius 1 is 0.913 bits per heavy atom. The molecule has 0 saturated carbocycles. The molecule has 0 radical (unpaired) electrons. The van der Waals surface area contributed by atoms with Gasteiger partial charge in [0.2, 0.25) is 0 Å². The number of aromatic nitrogens is 2. The lowest BCUT2D eigenvalue weighted by Crippen LogP contribution is -2.15. The maximum atomic E-state index is 12.3. The number of nitrogens with zero attached hydrogens (tertiary/aromatic N) is 2. The van der Waals surface area contributed by atoms with Gasteiger partial charge in [-0.2, -0.15) is 0 Å². The van der Waals surface area contributed by atoms with Gasteiger partial charge in [0, 0.05) is 11.3 Å². The minimum Gasteiger partial charge on any atom is -0.320 e. The molecule has 0 fully saturated rings.